The molecule has 0 bridgehead atoms. The van der Waals surface area contributed by atoms with Gasteiger partial charge in [-0.15, -0.1) is 0 Å². The van der Waals surface area contributed by atoms with Crippen LogP contribution in [0.4, 0.5) is 0 Å². The van der Waals surface area contributed by atoms with Crippen LogP contribution in [0.3, 0.4) is 0 Å². The fourth-order valence-electron chi connectivity index (χ4n) is 2.34. The molecule has 4 nitrogen and oxygen atoms in total. The Balaban J connectivity index is 1.69. The number of carbonyl (C=O) groups excluding carboxylic acids is 1. The fourth-order valence-corrected chi connectivity index (χ4v) is 2.34. The summed E-state index contributed by atoms with van der Waals surface area (Å²) in [7, 11) is 1.72. The van der Waals surface area contributed by atoms with Crippen LogP contribution >= 0.6 is 0 Å². The van der Waals surface area contributed by atoms with E-state index in [2.05, 4.69) is 5.32 Å². The summed E-state index contributed by atoms with van der Waals surface area (Å²) in [5.41, 5.74) is 0. The van der Waals surface area contributed by atoms with Gasteiger partial charge in [0.25, 0.3) is 0 Å². The van der Waals surface area contributed by atoms with Gasteiger partial charge >= 0.3 is 0 Å². The van der Waals surface area contributed by atoms with E-state index in [0.29, 0.717) is 12.6 Å². The lowest BCUT2D eigenvalue weighted by Gasteiger charge is -2.20. The van der Waals surface area contributed by atoms with Crippen LogP contribution in [0.2, 0.25) is 0 Å². The Morgan fingerprint density at radius 3 is 2.69 bits per heavy atom. The highest BCUT2D eigenvalue weighted by molar-refractivity contribution is 5.78. The first-order valence-corrected chi connectivity index (χ1v) is 6.31. The number of nitrogens with zero attached hydrogens (tertiary/aromatic N) is 1. The monoisotopic (exact) mass is 226 g/mol. The molecule has 1 aliphatic carbocycles. The number of nitrogens with one attached hydrogen (secondary N) is 1. The molecule has 1 unspecified atom stereocenters. The van der Waals surface area contributed by atoms with Crippen molar-refractivity contribution in [2.24, 2.45) is 5.92 Å². The first kappa shape index (κ1) is 11.9. The van der Waals surface area contributed by atoms with Gasteiger partial charge in [0.15, 0.2) is 0 Å². The number of amides is 1. The molecule has 2 fully saturated rings. The van der Waals surface area contributed by atoms with Gasteiger partial charge in [-0.1, -0.05) is 0 Å². The van der Waals surface area contributed by atoms with E-state index in [0.717, 1.165) is 38.5 Å². The number of carbonyl (C=O) groups is 1. The van der Waals surface area contributed by atoms with E-state index in [-0.39, 0.29) is 5.91 Å². The number of methoxy groups -OCH3 is 1. The Bertz CT molecular complexity index is 235. The molecule has 4 heteroatoms. The van der Waals surface area contributed by atoms with Gasteiger partial charge in [0.2, 0.25) is 5.91 Å². The van der Waals surface area contributed by atoms with E-state index >= 15 is 0 Å². The van der Waals surface area contributed by atoms with Gasteiger partial charge in [0, 0.05) is 26.2 Å². The minimum Gasteiger partial charge on any atom is -0.383 e. The molecule has 16 heavy (non-hydrogen) atoms. The maximum absolute atomic E-state index is 11.8. The van der Waals surface area contributed by atoms with Gasteiger partial charge in [0.05, 0.1) is 13.2 Å². The van der Waals surface area contributed by atoms with Crippen molar-refractivity contribution in [1.29, 1.82) is 0 Å². The van der Waals surface area contributed by atoms with Gasteiger partial charge in [0.1, 0.15) is 0 Å². The highest BCUT2D eigenvalue weighted by atomic mass is 16.5. The third-order valence-corrected chi connectivity index (χ3v) is 3.51. The second kappa shape index (κ2) is 5.64. The molecule has 2 rings (SSSR count). The average molecular weight is 226 g/mol. The van der Waals surface area contributed by atoms with Crippen LogP contribution in [0.15, 0.2) is 0 Å². The van der Waals surface area contributed by atoms with Crippen LogP contribution in [0, 0.1) is 5.92 Å². The minimum atomic E-state index is 0.249. The van der Waals surface area contributed by atoms with Crippen LogP contribution in [0.5, 0.6) is 0 Å². The highest BCUT2D eigenvalue weighted by Crippen LogP contribution is 2.32. The molecule has 0 aromatic carbocycles. The Kier molecular flexibility index (Phi) is 4.18. The molecule has 1 atom stereocenters. The molecule has 1 saturated carbocycles. The van der Waals surface area contributed by atoms with E-state index in [1.165, 1.54) is 12.8 Å². The molecule has 0 spiro atoms. The van der Waals surface area contributed by atoms with Gasteiger partial charge in [-0.05, 0) is 31.6 Å². The summed E-state index contributed by atoms with van der Waals surface area (Å²) in [5, 5.41) is 3.34. The van der Waals surface area contributed by atoms with E-state index in [1.54, 1.807) is 7.11 Å². The summed E-state index contributed by atoms with van der Waals surface area (Å²) >= 11 is 0. The van der Waals surface area contributed by atoms with Crippen molar-refractivity contribution in [3.05, 3.63) is 0 Å². The molecule has 0 radical (unpaired) electrons. The minimum absolute atomic E-state index is 0.249. The molecule has 1 heterocycles. The molecule has 0 aromatic rings. The van der Waals surface area contributed by atoms with Gasteiger partial charge < -0.3 is 15.0 Å². The second-order valence-corrected chi connectivity index (χ2v) is 4.87. The molecule has 1 saturated heterocycles. The molecule has 1 aliphatic heterocycles. The fraction of sp³-hybridized carbons (Fsp3) is 0.917. The van der Waals surface area contributed by atoms with E-state index in [9.17, 15) is 4.79 Å². The Hall–Kier alpha value is -0.610. The van der Waals surface area contributed by atoms with E-state index in [4.69, 9.17) is 4.74 Å². The predicted octanol–water partition coefficient (Wildman–Crippen LogP) is 0.623. The SMILES string of the molecule is COCC(NCC(=O)N1CCCC1)C1CC1. The number of likely N-dealkylation sites (tertiary alicyclic amines) is 1. The van der Waals surface area contributed by atoms with E-state index in [1.807, 2.05) is 4.90 Å². The molecule has 2 aliphatic rings. The first-order valence-electron chi connectivity index (χ1n) is 6.31. The Morgan fingerprint density at radius 2 is 2.12 bits per heavy atom. The maximum Gasteiger partial charge on any atom is 0.236 e. The lowest BCUT2D eigenvalue weighted by molar-refractivity contribution is -0.129. The Morgan fingerprint density at radius 1 is 1.44 bits per heavy atom. The summed E-state index contributed by atoms with van der Waals surface area (Å²) in [5.74, 6) is 0.977. The molecule has 0 aromatic heterocycles. The van der Waals surface area contributed by atoms with E-state index < -0.39 is 0 Å². The largest absolute Gasteiger partial charge is 0.383 e. The van der Waals surface area contributed by atoms with Gasteiger partial charge in [-0.3, -0.25) is 4.79 Å². The van der Waals surface area contributed by atoms with Crippen molar-refractivity contribution < 1.29 is 9.53 Å². The molecule has 92 valence electrons. The van der Waals surface area contributed by atoms with Crippen LogP contribution in [-0.4, -0.2) is 50.2 Å². The lowest BCUT2D eigenvalue weighted by atomic mass is 10.2. The third-order valence-electron chi connectivity index (χ3n) is 3.51. The summed E-state index contributed by atoms with van der Waals surface area (Å²) < 4.78 is 5.18. The zero-order valence-electron chi connectivity index (χ0n) is 10.1. The third kappa shape index (κ3) is 3.19. The Labute approximate surface area is 97.3 Å². The summed E-state index contributed by atoms with van der Waals surface area (Å²) in [6, 6.07) is 0.372. The smallest absolute Gasteiger partial charge is 0.236 e. The van der Waals surface area contributed by atoms with Crippen molar-refractivity contribution in [3.63, 3.8) is 0 Å². The quantitative estimate of drug-likeness (QED) is 0.722. The van der Waals surface area contributed by atoms with Crippen molar-refractivity contribution in [2.45, 2.75) is 31.7 Å². The zero-order chi connectivity index (χ0) is 11.4. The lowest BCUT2D eigenvalue weighted by Crippen LogP contribution is -2.43. The average Bonchev–Trinajstić information content (AvgIpc) is 2.98. The zero-order valence-corrected chi connectivity index (χ0v) is 10.1. The van der Waals surface area contributed by atoms with Crippen LogP contribution in [0.1, 0.15) is 25.7 Å². The first-order chi connectivity index (χ1) is 7.81. The maximum atomic E-state index is 11.8. The van der Waals surface area contributed by atoms with Crippen LogP contribution in [0.25, 0.3) is 0 Å². The number of rotatable bonds is 6. The van der Waals surface area contributed by atoms with Gasteiger partial charge in [-0.25, -0.2) is 0 Å². The summed E-state index contributed by atoms with van der Waals surface area (Å²) in [4.78, 5) is 13.8. The standard InChI is InChI=1S/C12H22N2O2/c1-16-9-11(10-4-5-10)13-8-12(15)14-6-2-3-7-14/h10-11,13H,2-9H2,1H3. The normalized spacial score (nSPS) is 22.4. The second-order valence-electron chi connectivity index (χ2n) is 4.87. The van der Waals surface area contributed by atoms with Crippen molar-refractivity contribution in [3.8, 4) is 0 Å². The predicted molar refractivity (Wildman–Crippen MR) is 62.2 cm³/mol. The number of hydrogen-bond acceptors (Lipinski definition) is 3. The van der Waals surface area contributed by atoms with Gasteiger partial charge in [-0.2, -0.15) is 0 Å². The number of hydrogen-bond donors (Lipinski definition) is 1. The van der Waals surface area contributed by atoms with Crippen molar-refractivity contribution >= 4 is 5.91 Å². The van der Waals surface area contributed by atoms with Crippen molar-refractivity contribution in [1.82, 2.24) is 10.2 Å². The highest BCUT2D eigenvalue weighted by Gasteiger charge is 2.31. The summed E-state index contributed by atoms with van der Waals surface area (Å²) in [6.07, 6.45) is 4.88. The van der Waals surface area contributed by atoms with Crippen molar-refractivity contribution in [2.75, 3.05) is 33.4 Å². The molecule has 1 N–H and O–H groups in total. The molecular weight excluding hydrogens is 204 g/mol. The number of ether oxygens (including phenoxy) is 1. The molecular formula is C12H22N2O2. The summed E-state index contributed by atoms with van der Waals surface area (Å²) in [6.45, 7) is 3.08. The van der Waals surface area contributed by atoms with Crippen LogP contribution in [-0.2, 0) is 9.53 Å². The molecule has 1 amide bonds. The topological polar surface area (TPSA) is 41.6 Å². The van der Waals surface area contributed by atoms with Crippen LogP contribution < -0.4 is 5.32 Å².